The summed E-state index contributed by atoms with van der Waals surface area (Å²) in [5.74, 6) is -1.62. The van der Waals surface area contributed by atoms with Gasteiger partial charge in [-0.2, -0.15) is 0 Å². The van der Waals surface area contributed by atoms with Crippen LogP contribution >= 0.6 is 0 Å². The average molecular weight is 310 g/mol. The third kappa shape index (κ3) is 3.02. The van der Waals surface area contributed by atoms with Crippen LogP contribution in [0.4, 0.5) is 14.5 Å². The first-order chi connectivity index (χ1) is 10.1. The molecule has 4 nitrogen and oxygen atoms in total. The van der Waals surface area contributed by atoms with Crippen LogP contribution in [0, 0.1) is 11.6 Å². The maximum Gasteiger partial charge on any atom is 0.491 e. The zero-order valence-corrected chi connectivity index (χ0v) is 13.2. The van der Waals surface area contributed by atoms with Crippen molar-refractivity contribution in [1.82, 2.24) is 0 Å². The van der Waals surface area contributed by atoms with Crippen molar-refractivity contribution in [3.63, 3.8) is 0 Å². The molecular formula is C15H21BF2N2O2. The van der Waals surface area contributed by atoms with Gasteiger partial charge in [0.1, 0.15) is 17.3 Å². The molecule has 1 fully saturated rings. The SMILES string of the molecule is CC1(C)OB(C(=Cc2cc(F)c(N)c(F)c2)CN)OC1(C)C. The summed E-state index contributed by atoms with van der Waals surface area (Å²) in [6.45, 7) is 7.82. The highest BCUT2D eigenvalue weighted by atomic mass is 19.1. The Hall–Kier alpha value is -1.44. The van der Waals surface area contributed by atoms with Crippen molar-refractivity contribution in [3.05, 3.63) is 34.8 Å². The minimum Gasteiger partial charge on any atom is -0.400 e. The Kier molecular flexibility index (Phi) is 4.34. The number of hydrogen-bond donors (Lipinski definition) is 2. The number of nitrogens with two attached hydrogens (primary N) is 2. The highest BCUT2D eigenvalue weighted by molar-refractivity contribution is 6.55. The molecule has 0 atom stereocenters. The zero-order chi connectivity index (χ0) is 16.7. The van der Waals surface area contributed by atoms with Gasteiger partial charge in [0.2, 0.25) is 0 Å². The van der Waals surface area contributed by atoms with Crippen LogP contribution in [-0.4, -0.2) is 24.9 Å². The van der Waals surface area contributed by atoms with Crippen molar-refractivity contribution in [1.29, 1.82) is 0 Å². The molecule has 0 aliphatic carbocycles. The van der Waals surface area contributed by atoms with Crippen molar-refractivity contribution in [2.45, 2.75) is 38.9 Å². The molecule has 0 aromatic heterocycles. The fourth-order valence-electron chi connectivity index (χ4n) is 2.12. The summed E-state index contributed by atoms with van der Waals surface area (Å²) in [5, 5.41) is 0. The van der Waals surface area contributed by atoms with E-state index in [1.807, 2.05) is 27.7 Å². The molecule has 2 rings (SSSR count). The van der Waals surface area contributed by atoms with Crippen molar-refractivity contribution in [2.24, 2.45) is 5.73 Å². The first-order valence-corrected chi connectivity index (χ1v) is 7.08. The lowest BCUT2D eigenvalue weighted by Crippen LogP contribution is -2.41. The molecule has 1 aliphatic rings. The van der Waals surface area contributed by atoms with Crippen molar-refractivity contribution in [3.8, 4) is 0 Å². The van der Waals surface area contributed by atoms with Crippen LogP contribution in [0.5, 0.6) is 0 Å². The topological polar surface area (TPSA) is 70.5 Å². The van der Waals surface area contributed by atoms with Crippen LogP contribution in [0.3, 0.4) is 0 Å². The molecule has 1 saturated heterocycles. The van der Waals surface area contributed by atoms with E-state index >= 15 is 0 Å². The smallest absolute Gasteiger partial charge is 0.400 e. The van der Waals surface area contributed by atoms with E-state index in [9.17, 15) is 8.78 Å². The van der Waals surface area contributed by atoms with Crippen molar-refractivity contribution < 1.29 is 18.1 Å². The highest BCUT2D eigenvalue weighted by Gasteiger charge is 2.52. The molecule has 4 N–H and O–H groups in total. The molecule has 1 aromatic carbocycles. The third-order valence-corrected chi connectivity index (χ3v) is 4.25. The van der Waals surface area contributed by atoms with Gasteiger partial charge in [0.05, 0.1) is 11.2 Å². The Labute approximate surface area is 129 Å². The number of hydrogen-bond acceptors (Lipinski definition) is 4. The lowest BCUT2D eigenvalue weighted by Gasteiger charge is -2.32. The highest BCUT2D eigenvalue weighted by Crippen LogP contribution is 2.38. The molecule has 0 saturated carbocycles. The van der Waals surface area contributed by atoms with E-state index in [0.29, 0.717) is 11.0 Å². The van der Waals surface area contributed by atoms with Crippen LogP contribution < -0.4 is 11.5 Å². The van der Waals surface area contributed by atoms with Crippen molar-refractivity contribution >= 4 is 18.9 Å². The zero-order valence-electron chi connectivity index (χ0n) is 13.2. The average Bonchev–Trinajstić information content (AvgIpc) is 2.61. The second-order valence-corrected chi connectivity index (χ2v) is 6.41. The van der Waals surface area contributed by atoms with Crippen molar-refractivity contribution in [2.75, 3.05) is 12.3 Å². The molecule has 1 heterocycles. The quantitative estimate of drug-likeness (QED) is 0.665. The molecule has 0 unspecified atom stereocenters. The van der Waals surface area contributed by atoms with Crippen LogP contribution in [0.15, 0.2) is 17.6 Å². The largest absolute Gasteiger partial charge is 0.491 e. The summed E-state index contributed by atoms with van der Waals surface area (Å²) in [6, 6.07) is 2.30. The third-order valence-electron chi connectivity index (χ3n) is 4.25. The molecule has 0 radical (unpaired) electrons. The fraction of sp³-hybridized carbons (Fsp3) is 0.467. The lowest BCUT2D eigenvalue weighted by molar-refractivity contribution is 0.00578. The molecule has 0 spiro atoms. The number of nitrogen functional groups attached to an aromatic ring is 1. The van der Waals surface area contributed by atoms with Gasteiger partial charge in [0.25, 0.3) is 0 Å². The standard InChI is InChI=1S/C15H21BF2N2O2/c1-14(2)15(3,4)22-16(21-14)10(8-19)5-9-6-11(17)13(20)12(18)7-9/h5-7H,8,19-20H2,1-4H3. The molecule has 1 aliphatic heterocycles. The maximum absolute atomic E-state index is 13.5. The Morgan fingerprint density at radius 2 is 1.59 bits per heavy atom. The lowest BCUT2D eigenvalue weighted by atomic mass is 9.77. The number of halogens is 2. The second-order valence-electron chi connectivity index (χ2n) is 6.41. The predicted molar refractivity (Wildman–Crippen MR) is 83.9 cm³/mol. The fourth-order valence-corrected chi connectivity index (χ4v) is 2.12. The van der Waals surface area contributed by atoms with Crippen LogP contribution in [0.25, 0.3) is 6.08 Å². The van der Waals surface area contributed by atoms with E-state index in [1.54, 1.807) is 6.08 Å². The monoisotopic (exact) mass is 310 g/mol. The Morgan fingerprint density at radius 1 is 1.14 bits per heavy atom. The Bertz CT molecular complexity index is 579. The predicted octanol–water partition coefficient (Wildman–Crippen LogP) is 2.52. The van der Waals surface area contributed by atoms with E-state index in [0.717, 1.165) is 12.1 Å². The number of rotatable bonds is 3. The molecule has 1 aromatic rings. The minimum absolute atomic E-state index is 0.143. The summed E-state index contributed by atoms with van der Waals surface area (Å²) in [5.41, 5.74) is 10.4. The van der Waals surface area contributed by atoms with E-state index < -0.39 is 35.6 Å². The van der Waals surface area contributed by atoms with Gasteiger partial charge in [-0.25, -0.2) is 8.78 Å². The second kappa shape index (κ2) is 5.64. The Balaban J connectivity index is 2.34. The molecule has 7 heteroatoms. The summed E-state index contributed by atoms with van der Waals surface area (Å²) in [7, 11) is -0.654. The van der Waals surface area contributed by atoms with E-state index in [2.05, 4.69) is 0 Å². The summed E-state index contributed by atoms with van der Waals surface area (Å²) in [6.07, 6.45) is 1.56. The first kappa shape index (κ1) is 16.9. The van der Waals surface area contributed by atoms with Gasteiger partial charge in [-0.05, 0) is 50.9 Å². The minimum atomic E-state index is -0.809. The van der Waals surface area contributed by atoms with Gasteiger partial charge in [-0.15, -0.1) is 0 Å². The first-order valence-electron chi connectivity index (χ1n) is 7.08. The van der Waals surface area contributed by atoms with Gasteiger partial charge in [0, 0.05) is 6.54 Å². The van der Waals surface area contributed by atoms with E-state index in [-0.39, 0.29) is 6.54 Å². The van der Waals surface area contributed by atoms with Gasteiger partial charge in [-0.3, -0.25) is 0 Å². The van der Waals surface area contributed by atoms with Crippen LogP contribution in [0.1, 0.15) is 33.3 Å². The number of anilines is 1. The van der Waals surface area contributed by atoms with E-state index in [1.165, 1.54) is 0 Å². The number of benzene rings is 1. The maximum atomic E-state index is 13.5. The van der Waals surface area contributed by atoms with Crippen LogP contribution in [0.2, 0.25) is 0 Å². The van der Waals surface area contributed by atoms with Gasteiger partial charge < -0.3 is 20.8 Å². The summed E-state index contributed by atoms with van der Waals surface area (Å²) < 4.78 is 38.8. The summed E-state index contributed by atoms with van der Waals surface area (Å²) >= 11 is 0. The van der Waals surface area contributed by atoms with Gasteiger partial charge in [0.15, 0.2) is 0 Å². The van der Waals surface area contributed by atoms with Gasteiger partial charge in [-0.1, -0.05) is 6.08 Å². The molecular weight excluding hydrogens is 289 g/mol. The molecule has 120 valence electrons. The molecule has 0 bridgehead atoms. The molecule has 22 heavy (non-hydrogen) atoms. The molecule has 0 amide bonds. The van der Waals surface area contributed by atoms with Gasteiger partial charge >= 0.3 is 7.12 Å². The summed E-state index contributed by atoms with van der Waals surface area (Å²) in [4.78, 5) is 0. The normalized spacial score (nSPS) is 20.5. The van der Waals surface area contributed by atoms with E-state index in [4.69, 9.17) is 20.8 Å². The van der Waals surface area contributed by atoms with Crippen LogP contribution in [-0.2, 0) is 9.31 Å². The Morgan fingerprint density at radius 3 is 2.00 bits per heavy atom.